The molecular formula is C20H23NO3S. The van der Waals surface area contributed by atoms with E-state index in [0.717, 1.165) is 41.0 Å². The topological polar surface area (TPSA) is 60.8 Å². The Labute approximate surface area is 151 Å². The van der Waals surface area contributed by atoms with Crippen LogP contribution in [-0.2, 0) is 12.8 Å². The molecule has 1 aromatic carbocycles. The van der Waals surface area contributed by atoms with E-state index in [1.54, 1.807) is 11.3 Å². The van der Waals surface area contributed by atoms with Crippen LogP contribution in [-0.4, -0.2) is 35.4 Å². The lowest BCUT2D eigenvalue weighted by molar-refractivity contribution is 0.0696. The molecule has 4 nitrogen and oxygen atoms in total. The number of β-amino-alcohol motifs (C(OH)–C–C–N with tert-alkyl or cyclic N) is 1. The summed E-state index contributed by atoms with van der Waals surface area (Å²) in [6.45, 7) is 5.77. The molecule has 4 rings (SSSR count). The summed E-state index contributed by atoms with van der Waals surface area (Å²) in [4.78, 5) is 16.2. The molecule has 2 heterocycles. The van der Waals surface area contributed by atoms with Crippen molar-refractivity contribution in [2.45, 2.75) is 39.2 Å². The lowest BCUT2D eigenvalue weighted by Crippen LogP contribution is -2.50. The average molecular weight is 357 g/mol. The molecule has 1 fully saturated rings. The summed E-state index contributed by atoms with van der Waals surface area (Å²) in [7, 11) is 0. The van der Waals surface area contributed by atoms with Gasteiger partial charge in [-0.05, 0) is 47.9 Å². The van der Waals surface area contributed by atoms with Crippen LogP contribution in [0.5, 0.6) is 0 Å². The number of nitrogens with zero attached hydrogens (tertiary/aromatic N) is 1. The van der Waals surface area contributed by atoms with Crippen LogP contribution in [0.4, 0.5) is 5.69 Å². The maximum Gasteiger partial charge on any atom is 0.337 e. The zero-order valence-electron chi connectivity index (χ0n) is 14.6. The Kier molecular flexibility index (Phi) is 3.89. The fourth-order valence-corrected chi connectivity index (χ4v) is 5.15. The predicted octanol–water partition coefficient (Wildman–Crippen LogP) is 3.81. The van der Waals surface area contributed by atoms with Crippen molar-refractivity contribution < 1.29 is 15.0 Å². The first-order chi connectivity index (χ1) is 11.8. The van der Waals surface area contributed by atoms with E-state index >= 15 is 0 Å². The number of aryl methyl sites for hydroxylation is 1. The second-order valence-corrected chi connectivity index (χ2v) is 9.06. The van der Waals surface area contributed by atoms with Gasteiger partial charge in [0.05, 0.1) is 11.7 Å². The Morgan fingerprint density at radius 2 is 1.92 bits per heavy atom. The highest BCUT2D eigenvalue weighted by atomic mass is 32.1. The molecule has 0 saturated carbocycles. The Morgan fingerprint density at radius 3 is 2.52 bits per heavy atom. The standard InChI is InChI=1S/C20H23NO3S/c1-20(2)8-7-16-15(9-20)17(19(23)24)18(25-16)12-3-5-13(6-4-12)21-10-14(22)11-21/h3-6,14,22H,7-11H2,1-2H3,(H,23,24). The highest BCUT2D eigenvalue weighted by Gasteiger charge is 2.33. The Morgan fingerprint density at radius 1 is 1.24 bits per heavy atom. The van der Waals surface area contributed by atoms with Crippen molar-refractivity contribution in [3.63, 3.8) is 0 Å². The molecule has 1 aliphatic heterocycles. The Hall–Kier alpha value is -1.85. The fourth-order valence-electron chi connectivity index (χ4n) is 3.84. The number of carbonyl (C=O) groups is 1. The van der Waals surface area contributed by atoms with Gasteiger partial charge in [-0.15, -0.1) is 11.3 Å². The molecular weight excluding hydrogens is 334 g/mol. The molecule has 132 valence electrons. The predicted molar refractivity (Wildman–Crippen MR) is 101 cm³/mol. The van der Waals surface area contributed by atoms with Crippen molar-refractivity contribution in [3.8, 4) is 10.4 Å². The van der Waals surface area contributed by atoms with Crippen molar-refractivity contribution in [1.29, 1.82) is 0 Å². The van der Waals surface area contributed by atoms with Crippen molar-refractivity contribution >= 4 is 23.0 Å². The third-order valence-corrected chi connectivity index (χ3v) is 6.69. The minimum Gasteiger partial charge on any atom is -0.478 e. The summed E-state index contributed by atoms with van der Waals surface area (Å²) < 4.78 is 0. The SMILES string of the molecule is CC1(C)CCc2sc(-c3ccc(N4CC(O)C4)cc3)c(C(=O)O)c2C1. The van der Waals surface area contributed by atoms with Crippen LogP contribution in [0.25, 0.3) is 10.4 Å². The number of aliphatic hydroxyl groups excluding tert-OH is 1. The normalized spacial score (nSPS) is 19.4. The quantitative estimate of drug-likeness (QED) is 0.877. The van der Waals surface area contributed by atoms with Gasteiger partial charge < -0.3 is 15.1 Å². The number of anilines is 1. The number of aliphatic hydroxyl groups is 1. The van der Waals surface area contributed by atoms with Gasteiger partial charge in [-0.1, -0.05) is 26.0 Å². The van der Waals surface area contributed by atoms with E-state index in [1.165, 1.54) is 4.88 Å². The first kappa shape index (κ1) is 16.6. The molecule has 1 aromatic heterocycles. The zero-order chi connectivity index (χ0) is 17.8. The Balaban J connectivity index is 1.71. The summed E-state index contributed by atoms with van der Waals surface area (Å²) in [5.41, 5.74) is 3.75. The molecule has 2 aliphatic rings. The van der Waals surface area contributed by atoms with Gasteiger partial charge >= 0.3 is 5.97 Å². The number of carboxylic acids is 1. The highest BCUT2D eigenvalue weighted by Crippen LogP contribution is 2.45. The Bertz CT molecular complexity index is 816. The largest absolute Gasteiger partial charge is 0.478 e. The molecule has 0 unspecified atom stereocenters. The molecule has 0 bridgehead atoms. The van der Waals surface area contributed by atoms with Gasteiger partial charge in [0.15, 0.2) is 0 Å². The molecule has 0 spiro atoms. The van der Waals surface area contributed by atoms with Crippen LogP contribution in [0, 0.1) is 5.41 Å². The zero-order valence-corrected chi connectivity index (χ0v) is 15.4. The number of hydrogen-bond acceptors (Lipinski definition) is 4. The summed E-state index contributed by atoms with van der Waals surface area (Å²) in [5, 5.41) is 19.3. The highest BCUT2D eigenvalue weighted by molar-refractivity contribution is 7.16. The maximum atomic E-state index is 12.0. The minimum atomic E-state index is -0.819. The number of aromatic carboxylic acids is 1. The molecule has 25 heavy (non-hydrogen) atoms. The van der Waals surface area contributed by atoms with Crippen LogP contribution < -0.4 is 4.90 Å². The van der Waals surface area contributed by atoms with E-state index in [-0.39, 0.29) is 11.5 Å². The second-order valence-electron chi connectivity index (χ2n) is 7.96. The first-order valence-electron chi connectivity index (χ1n) is 8.75. The number of thiophene rings is 1. The molecule has 1 aliphatic carbocycles. The monoisotopic (exact) mass is 357 g/mol. The average Bonchev–Trinajstić information content (AvgIpc) is 2.89. The number of carboxylic acid groups (broad SMARTS) is 1. The minimum absolute atomic E-state index is 0.164. The second kappa shape index (κ2) is 5.85. The smallest absolute Gasteiger partial charge is 0.337 e. The molecule has 2 N–H and O–H groups in total. The lowest BCUT2D eigenvalue weighted by Gasteiger charge is -2.37. The van der Waals surface area contributed by atoms with E-state index in [1.807, 2.05) is 24.3 Å². The van der Waals surface area contributed by atoms with Gasteiger partial charge in [-0.3, -0.25) is 0 Å². The van der Waals surface area contributed by atoms with Crippen LogP contribution >= 0.6 is 11.3 Å². The molecule has 2 aromatic rings. The van der Waals surface area contributed by atoms with E-state index < -0.39 is 5.97 Å². The van der Waals surface area contributed by atoms with Crippen molar-refractivity contribution in [2.24, 2.45) is 5.41 Å². The van der Waals surface area contributed by atoms with Gasteiger partial charge in [0, 0.05) is 28.5 Å². The number of rotatable bonds is 3. The van der Waals surface area contributed by atoms with E-state index in [0.29, 0.717) is 18.7 Å². The van der Waals surface area contributed by atoms with Crippen LogP contribution in [0.15, 0.2) is 24.3 Å². The lowest BCUT2D eigenvalue weighted by atomic mass is 9.76. The summed E-state index contributed by atoms with van der Waals surface area (Å²) in [5.74, 6) is -0.819. The number of hydrogen-bond donors (Lipinski definition) is 2. The van der Waals surface area contributed by atoms with Crippen molar-refractivity contribution in [3.05, 3.63) is 40.3 Å². The third kappa shape index (κ3) is 2.96. The number of benzene rings is 1. The first-order valence-corrected chi connectivity index (χ1v) is 9.57. The third-order valence-electron chi connectivity index (χ3n) is 5.35. The van der Waals surface area contributed by atoms with E-state index in [9.17, 15) is 15.0 Å². The molecule has 0 atom stereocenters. The summed E-state index contributed by atoms with van der Waals surface area (Å²) in [6, 6.07) is 8.06. The van der Waals surface area contributed by atoms with Crippen LogP contribution in [0.2, 0.25) is 0 Å². The number of fused-ring (bicyclic) bond motifs is 1. The molecule has 0 amide bonds. The molecule has 0 radical (unpaired) electrons. The van der Waals surface area contributed by atoms with Crippen molar-refractivity contribution in [1.82, 2.24) is 0 Å². The summed E-state index contributed by atoms with van der Waals surface area (Å²) in [6.07, 6.45) is 2.68. The summed E-state index contributed by atoms with van der Waals surface area (Å²) >= 11 is 1.64. The van der Waals surface area contributed by atoms with Gasteiger partial charge in [-0.25, -0.2) is 4.79 Å². The maximum absolute atomic E-state index is 12.0. The molecule has 5 heteroatoms. The van der Waals surface area contributed by atoms with Gasteiger partial charge in [0.2, 0.25) is 0 Å². The van der Waals surface area contributed by atoms with Crippen LogP contribution in [0.1, 0.15) is 41.1 Å². The van der Waals surface area contributed by atoms with Gasteiger partial charge in [0.25, 0.3) is 0 Å². The van der Waals surface area contributed by atoms with Gasteiger partial charge in [-0.2, -0.15) is 0 Å². The van der Waals surface area contributed by atoms with Crippen LogP contribution in [0.3, 0.4) is 0 Å². The van der Waals surface area contributed by atoms with Crippen molar-refractivity contribution in [2.75, 3.05) is 18.0 Å². The molecule has 1 saturated heterocycles. The van der Waals surface area contributed by atoms with E-state index in [2.05, 4.69) is 18.7 Å². The fraction of sp³-hybridized carbons (Fsp3) is 0.450. The van der Waals surface area contributed by atoms with E-state index in [4.69, 9.17) is 0 Å². The van der Waals surface area contributed by atoms with Gasteiger partial charge in [0.1, 0.15) is 0 Å².